The number of carboxylic acids is 1. The Morgan fingerprint density at radius 1 is 1.38 bits per heavy atom. The lowest BCUT2D eigenvalue weighted by molar-refractivity contribution is 0.0698. The first kappa shape index (κ1) is 15.5. The average Bonchev–Trinajstić information content (AvgIpc) is 2.96. The quantitative estimate of drug-likeness (QED) is 0.846. The van der Waals surface area contributed by atoms with Gasteiger partial charge in [0.25, 0.3) is 0 Å². The minimum Gasteiger partial charge on any atom is -0.497 e. The van der Waals surface area contributed by atoms with Crippen molar-refractivity contribution in [3.05, 3.63) is 46.2 Å². The van der Waals surface area contributed by atoms with Crippen LogP contribution in [0.3, 0.4) is 0 Å². The number of benzene rings is 1. The van der Waals surface area contributed by atoms with Crippen molar-refractivity contribution in [2.24, 2.45) is 0 Å². The molecule has 1 aromatic carbocycles. The summed E-state index contributed by atoms with van der Waals surface area (Å²) in [6.45, 7) is 0.0500. The third-order valence-corrected chi connectivity index (χ3v) is 5.19. The number of carbonyl (C=O) groups is 1. The number of hydrogen-bond donors (Lipinski definition) is 2. The monoisotopic (exact) mass is 327 g/mol. The molecule has 0 fully saturated rings. The van der Waals surface area contributed by atoms with Crippen LogP contribution in [0.2, 0.25) is 0 Å². The summed E-state index contributed by atoms with van der Waals surface area (Å²) in [5.41, 5.74) is 0.713. The maximum Gasteiger partial charge on any atom is 0.347 e. The molecule has 0 bridgehead atoms. The van der Waals surface area contributed by atoms with Gasteiger partial charge in [0, 0.05) is 6.54 Å². The van der Waals surface area contributed by atoms with E-state index in [2.05, 4.69) is 4.72 Å². The molecule has 8 heteroatoms. The number of sulfonamides is 1. The summed E-state index contributed by atoms with van der Waals surface area (Å²) in [6, 6.07) is 8.22. The third-order valence-electron chi connectivity index (χ3n) is 2.71. The molecule has 0 saturated heterocycles. The van der Waals surface area contributed by atoms with Gasteiger partial charge in [0.1, 0.15) is 15.5 Å². The van der Waals surface area contributed by atoms with E-state index in [1.807, 2.05) is 0 Å². The van der Waals surface area contributed by atoms with Gasteiger partial charge in [-0.15, -0.1) is 11.3 Å². The molecule has 2 rings (SSSR count). The SMILES string of the molecule is COc1cccc(CNS(=O)(=O)c2ccsc2C(=O)O)c1. The van der Waals surface area contributed by atoms with Gasteiger partial charge < -0.3 is 9.84 Å². The molecule has 0 amide bonds. The minimum absolute atomic E-state index is 0.0500. The molecule has 0 aliphatic carbocycles. The van der Waals surface area contributed by atoms with E-state index >= 15 is 0 Å². The van der Waals surface area contributed by atoms with Crippen molar-refractivity contribution in [3.63, 3.8) is 0 Å². The molecule has 0 unspecified atom stereocenters. The minimum atomic E-state index is -3.87. The van der Waals surface area contributed by atoms with Crippen LogP contribution in [-0.2, 0) is 16.6 Å². The van der Waals surface area contributed by atoms with E-state index in [0.717, 1.165) is 11.3 Å². The summed E-state index contributed by atoms with van der Waals surface area (Å²) in [5.74, 6) is -0.639. The van der Waals surface area contributed by atoms with Crippen LogP contribution < -0.4 is 9.46 Å². The standard InChI is InChI=1S/C13H13NO5S2/c1-19-10-4-2-3-9(7-10)8-14-21(17,18)11-5-6-20-12(11)13(15)16/h2-7,14H,8H2,1H3,(H,15,16). The second-order valence-corrected chi connectivity index (χ2v) is 6.75. The van der Waals surface area contributed by atoms with Crippen molar-refractivity contribution in [1.29, 1.82) is 0 Å². The molecule has 1 heterocycles. The van der Waals surface area contributed by atoms with Crippen LogP contribution in [0, 0.1) is 0 Å². The summed E-state index contributed by atoms with van der Waals surface area (Å²) in [4.78, 5) is 10.6. The molecule has 21 heavy (non-hydrogen) atoms. The molecule has 2 N–H and O–H groups in total. The summed E-state index contributed by atoms with van der Waals surface area (Å²) in [7, 11) is -2.35. The first-order chi connectivity index (χ1) is 9.94. The van der Waals surface area contributed by atoms with Crippen molar-refractivity contribution in [1.82, 2.24) is 4.72 Å². The lowest BCUT2D eigenvalue weighted by Gasteiger charge is -2.07. The van der Waals surface area contributed by atoms with Crippen LogP contribution in [0.15, 0.2) is 40.6 Å². The fourth-order valence-electron chi connectivity index (χ4n) is 1.70. The van der Waals surface area contributed by atoms with E-state index in [0.29, 0.717) is 11.3 Å². The van der Waals surface area contributed by atoms with Gasteiger partial charge >= 0.3 is 5.97 Å². The van der Waals surface area contributed by atoms with Gasteiger partial charge in [-0.2, -0.15) is 0 Å². The normalized spacial score (nSPS) is 11.3. The molecule has 0 aliphatic rings. The highest BCUT2D eigenvalue weighted by molar-refractivity contribution is 7.89. The Bertz CT molecular complexity index is 751. The molecule has 0 radical (unpaired) electrons. The lowest BCUT2D eigenvalue weighted by atomic mass is 10.2. The Labute approximate surface area is 126 Å². The molecule has 0 saturated carbocycles. The second kappa shape index (κ2) is 6.25. The van der Waals surface area contributed by atoms with E-state index in [-0.39, 0.29) is 16.3 Å². The predicted octanol–water partition coefficient (Wildman–Crippen LogP) is 1.93. The zero-order valence-corrected chi connectivity index (χ0v) is 12.7. The van der Waals surface area contributed by atoms with Gasteiger partial charge in [-0.3, -0.25) is 0 Å². The molecule has 2 aromatic rings. The Morgan fingerprint density at radius 2 is 2.14 bits per heavy atom. The second-order valence-electron chi connectivity index (χ2n) is 4.10. The van der Waals surface area contributed by atoms with Crippen molar-refractivity contribution in [2.45, 2.75) is 11.4 Å². The van der Waals surface area contributed by atoms with Gasteiger partial charge in [0.15, 0.2) is 0 Å². The lowest BCUT2D eigenvalue weighted by Crippen LogP contribution is -2.24. The highest BCUT2D eigenvalue weighted by Gasteiger charge is 2.23. The first-order valence-electron chi connectivity index (χ1n) is 5.87. The van der Waals surface area contributed by atoms with Crippen LogP contribution in [0.5, 0.6) is 5.75 Å². The van der Waals surface area contributed by atoms with Crippen LogP contribution in [0.4, 0.5) is 0 Å². The third kappa shape index (κ3) is 3.60. The molecule has 112 valence electrons. The van der Waals surface area contributed by atoms with Crippen LogP contribution in [0.1, 0.15) is 15.2 Å². The molecule has 0 atom stereocenters. The van der Waals surface area contributed by atoms with Crippen LogP contribution in [-0.4, -0.2) is 26.6 Å². The van der Waals surface area contributed by atoms with Crippen molar-refractivity contribution < 1.29 is 23.1 Å². The summed E-state index contributed by atoms with van der Waals surface area (Å²) in [6.07, 6.45) is 0. The van der Waals surface area contributed by atoms with E-state index in [1.54, 1.807) is 24.3 Å². The van der Waals surface area contributed by atoms with E-state index in [4.69, 9.17) is 9.84 Å². The Morgan fingerprint density at radius 3 is 2.81 bits per heavy atom. The van der Waals surface area contributed by atoms with E-state index in [1.165, 1.54) is 18.6 Å². The van der Waals surface area contributed by atoms with Crippen LogP contribution in [0.25, 0.3) is 0 Å². The number of aromatic carboxylic acids is 1. The summed E-state index contributed by atoms with van der Waals surface area (Å²) < 4.78 is 31.7. The number of hydrogen-bond acceptors (Lipinski definition) is 5. The van der Waals surface area contributed by atoms with Crippen molar-refractivity contribution in [3.8, 4) is 5.75 Å². The molecular formula is C13H13NO5S2. The number of thiophene rings is 1. The fourth-order valence-corrected chi connectivity index (χ4v) is 3.98. The molecule has 1 aromatic heterocycles. The van der Waals surface area contributed by atoms with Crippen molar-refractivity contribution in [2.75, 3.05) is 7.11 Å². The Kier molecular flexibility index (Phi) is 4.61. The molecule has 0 aliphatic heterocycles. The van der Waals surface area contributed by atoms with E-state index in [9.17, 15) is 13.2 Å². The molecule has 0 spiro atoms. The largest absolute Gasteiger partial charge is 0.497 e. The zero-order valence-electron chi connectivity index (χ0n) is 11.1. The van der Waals surface area contributed by atoms with Gasteiger partial charge in [0.05, 0.1) is 7.11 Å². The number of ether oxygens (including phenoxy) is 1. The Hall–Kier alpha value is -1.90. The van der Waals surface area contributed by atoms with Gasteiger partial charge in [-0.05, 0) is 29.1 Å². The summed E-state index contributed by atoms with van der Waals surface area (Å²) >= 11 is 0.874. The zero-order chi connectivity index (χ0) is 15.5. The highest BCUT2D eigenvalue weighted by atomic mass is 32.2. The molecular weight excluding hydrogens is 314 g/mol. The van der Waals surface area contributed by atoms with Gasteiger partial charge in [-0.25, -0.2) is 17.9 Å². The fraction of sp³-hybridized carbons (Fsp3) is 0.154. The average molecular weight is 327 g/mol. The topological polar surface area (TPSA) is 92.7 Å². The maximum absolute atomic E-state index is 12.1. The number of carboxylic acid groups (broad SMARTS) is 1. The number of rotatable bonds is 6. The smallest absolute Gasteiger partial charge is 0.347 e. The predicted molar refractivity (Wildman–Crippen MR) is 78.3 cm³/mol. The first-order valence-corrected chi connectivity index (χ1v) is 8.23. The van der Waals surface area contributed by atoms with Gasteiger partial charge in [0.2, 0.25) is 10.0 Å². The van der Waals surface area contributed by atoms with E-state index < -0.39 is 16.0 Å². The van der Waals surface area contributed by atoms with Crippen LogP contribution >= 0.6 is 11.3 Å². The Balaban J connectivity index is 2.18. The van der Waals surface area contributed by atoms with Crippen molar-refractivity contribution >= 4 is 27.3 Å². The number of nitrogens with one attached hydrogen (secondary N) is 1. The highest BCUT2D eigenvalue weighted by Crippen LogP contribution is 2.22. The number of methoxy groups -OCH3 is 1. The van der Waals surface area contributed by atoms with Gasteiger partial charge in [-0.1, -0.05) is 12.1 Å². The molecule has 6 nitrogen and oxygen atoms in total. The maximum atomic E-state index is 12.1. The summed E-state index contributed by atoms with van der Waals surface area (Å²) in [5, 5.41) is 10.4.